The SMILES string of the molecule is O=C(Cc1ccc(F)cc1Cl)c1ccc(OC(F)F)cc1. The predicted octanol–water partition coefficient (Wildman–Crippen LogP) is 4.51. The van der Waals surface area contributed by atoms with Crippen LogP contribution in [0.25, 0.3) is 0 Å². The first kappa shape index (κ1) is 15.4. The molecule has 0 aliphatic heterocycles. The molecule has 0 radical (unpaired) electrons. The van der Waals surface area contributed by atoms with Gasteiger partial charge in [0.25, 0.3) is 0 Å². The van der Waals surface area contributed by atoms with Gasteiger partial charge in [-0.05, 0) is 42.0 Å². The molecule has 110 valence electrons. The number of ketones is 1. The molecule has 2 rings (SSSR count). The first-order valence-corrected chi connectivity index (χ1v) is 6.35. The van der Waals surface area contributed by atoms with Crippen molar-refractivity contribution in [3.05, 3.63) is 64.4 Å². The van der Waals surface area contributed by atoms with Crippen LogP contribution in [0.1, 0.15) is 15.9 Å². The zero-order valence-corrected chi connectivity index (χ0v) is 11.4. The van der Waals surface area contributed by atoms with E-state index in [9.17, 15) is 18.0 Å². The second kappa shape index (κ2) is 6.63. The van der Waals surface area contributed by atoms with Crippen molar-refractivity contribution in [2.75, 3.05) is 0 Å². The molecule has 0 bridgehead atoms. The van der Waals surface area contributed by atoms with E-state index in [2.05, 4.69) is 4.74 Å². The highest BCUT2D eigenvalue weighted by atomic mass is 35.5. The fourth-order valence-electron chi connectivity index (χ4n) is 1.76. The topological polar surface area (TPSA) is 26.3 Å². The van der Waals surface area contributed by atoms with Gasteiger partial charge in [-0.3, -0.25) is 4.79 Å². The minimum Gasteiger partial charge on any atom is -0.435 e. The minimum absolute atomic E-state index is 0.00579. The van der Waals surface area contributed by atoms with E-state index in [0.29, 0.717) is 11.1 Å². The molecule has 0 amide bonds. The van der Waals surface area contributed by atoms with Gasteiger partial charge in [0.05, 0.1) is 0 Å². The lowest BCUT2D eigenvalue weighted by Gasteiger charge is -2.06. The summed E-state index contributed by atoms with van der Waals surface area (Å²) in [6, 6.07) is 9.12. The maximum absolute atomic E-state index is 12.9. The Labute approximate surface area is 124 Å². The summed E-state index contributed by atoms with van der Waals surface area (Å²) in [5, 5.41) is 0.168. The standard InChI is InChI=1S/C15H10ClF3O2/c16-13-8-11(17)4-1-10(13)7-14(20)9-2-5-12(6-3-9)21-15(18)19/h1-6,8,15H,7H2. The van der Waals surface area contributed by atoms with Crippen LogP contribution in [0, 0.1) is 5.82 Å². The van der Waals surface area contributed by atoms with Crippen LogP contribution in [-0.2, 0) is 6.42 Å². The molecule has 0 saturated heterocycles. The molecule has 0 saturated carbocycles. The fourth-order valence-corrected chi connectivity index (χ4v) is 2.00. The number of Topliss-reactive ketones (excluding diaryl/α,β-unsaturated/α-hetero) is 1. The van der Waals surface area contributed by atoms with Crippen molar-refractivity contribution in [3.8, 4) is 5.75 Å². The number of alkyl halides is 2. The summed E-state index contributed by atoms with van der Waals surface area (Å²) < 4.78 is 41.1. The molecule has 0 aliphatic carbocycles. The van der Waals surface area contributed by atoms with E-state index in [-0.39, 0.29) is 23.0 Å². The maximum atomic E-state index is 12.9. The quantitative estimate of drug-likeness (QED) is 0.759. The van der Waals surface area contributed by atoms with Crippen LogP contribution in [0.3, 0.4) is 0 Å². The Bertz CT molecular complexity index is 642. The van der Waals surface area contributed by atoms with E-state index >= 15 is 0 Å². The average Bonchev–Trinajstić information content (AvgIpc) is 2.42. The van der Waals surface area contributed by atoms with E-state index in [1.165, 1.54) is 36.4 Å². The third kappa shape index (κ3) is 4.23. The Morgan fingerprint density at radius 1 is 1.14 bits per heavy atom. The summed E-state index contributed by atoms with van der Waals surface area (Å²) in [6.45, 7) is -2.91. The molecule has 0 fully saturated rings. The summed E-state index contributed by atoms with van der Waals surface area (Å²) >= 11 is 5.85. The van der Waals surface area contributed by atoms with Crippen LogP contribution >= 0.6 is 11.6 Å². The molecule has 2 nitrogen and oxygen atoms in total. The van der Waals surface area contributed by atoms with Crippen LogP contribution in [-0.4, -0.2) is 12.4 Å². The molecule has 2 aromatic rings. The Hall–Kier alpha value is -2.01. The molecule has 2 aromatic carbocycles. The van der Waals surface area contributed by atoms with Crippen LogP contribution < -0.4 is 4.74 Å². The van der Waals surface area contributed by atoms with E-state index in [4.69, 9.17) is 11.6 Å². The summed E-state index contributed by atoms with van der Waals surface area (Å²) in [5.74, 6) is -0.766. The highest BCUT2D eigenvalue weighted by molar-refractivity contribution is 6.31. The number of benzene rings is 2. The summed E-state index contributed by atoms with van der Waals surface area (Å²) in [4.78, 5) is 12.0. The zero-order valence-electron chi connectivity index (χ0n) is 10.7. The highest BCUT2D eigenvalue weighted by Gasteiger charge is 2.11. The third-order valence-electron chi connectivity index (χ3n) is 2.77. The van der Waals surface area contributed by atoms with Crippen LogP contribution in [0.5, 0.6) is 5.75 Å². The van der Waals surface area contributed by atoms with Crippen LogP contribution in [0.15, 0.2) is 42.5 Å². The van der Waals surface area contributed by atoms with Crippen molar-refractivity contribution < 1.29 is 22.7 Å². The van der Waals surface area contributed by atoms with Crippen molar-refractivity contribution in [1.82, 2.24) is 0 Å². The second-order valence-electron chi connectivity index (χ2n) is 4.24. The van der Waals surface area contributed by atoms with Crippen molar-refractivity contribution >= 4 is 17.4 Å². The number of carbonyl (C=O) groups is 1. The van der Waals surface area contributed by atoms with Gasteiger partial charge in [-0.2, -0.15) is 8.78 Å². The number of hydrogen-bond acceptors (Lipinski definition) is 2. The second-order valence-corrected chi connectivity index (χ2v) is 4.65. The average molecular weight is 315 g/mol. The Balaban J connectivity index is 2.09. The first-order valence-electron chi connectivity index (χ1n) is 5.97. The maximum Gasteiger partial charge on any atom is 0.387 e. The molecule has 0 aromatic heterocycles. The molecule has 0 aliphatic rings. The van der Waals surface area contributed by atoms with Gasteiger partial charge in [-0.15, -0.1) is 0 Å². The van der Waals surface area contributed by atoms with Crippen molar-refractivity contribution in [2.24, 2.45) is 0 Å². The van der Waals surface area contributed by atoms with Crippen molar-refractivity contribution in [3.63, 3.8) is 0 Å². The lowest BCUT2D eigenvalue weighted by molar-refractivity contribution is -0.0498. The van der Waals surface area contributed by atoms with E-state index in [1.54, 1.807) is 0 Å². The van der Waals surface area contributed by atoms with Gasteiger partial charge in [-0.1, -0.05) is 17.7 Å². The van der Waals surface area contributed by atoms with Crippen molar-refractivity contribution in [1.29, 1.82) is 0 Å². The fraction of sp³-hybridized carbons (Fsp3) is 0.133. The predicted molar refractivity (Wildman–Crippen MR) is 72.5 cm³/mol. The molecular formula is C15H10ClF3O2. The Morgan fingerprint density at radius 2 is 1.81 bits per heavy atom. The van der Waals surface area contributed by atoms with Gasteiger partial charge in [-0.25, -0.2) is 4.39 Å². The summed E-state index contributed by atoms with van der Waals surface area (Å²) in [5.41, 5.74) is 0.827. The molecule has 0 N–H and O–H groups in total. The molecule has 0 atom stereocenters. The van der Waals surface area contributed by atoms with Gasteiger partial charge in [0.15, 0.2) is 5.78 Å². The zero-order chi connectivity index (χ0) is 15.4. The largest absolute Gasteiger partial charge is 0.435 e. The molecule has 6 heteroatoms. The first-order chi connectivity index (χ1) is 9.95. The van der Waals surface area contributed by atoms with E-state index in [1.807, 2.05) is 0 Å². The third-order valence-corrected chi connectivity index (χ3v) is 3.12. The van der Waals surface area contributed by atoms with Gasteiger partial charge in [0.2, 0.25) is 0 Å². The summed E-state index contributed by atoms with van der Waals surface area (Å²) in [6.07, 6.45) is -0.00579. The Kier molecular flexibility index (Phi) is 4.85. The lowest BCUT2D eigenvalue weighted by atomic mass is 10.0. The molecule has 0 unspecified atom stereocenters. The van der Waals surface area contributed by atoms with Crippen LogP contribution in [0.2, 0.25) is 5.02 Å². The van der Waals surface area contributed by atoms with Gasteiger partial charge in [0, 0.05) is 17.0 Å². The van der Waals surface area contributed by atoms with Crippen molar-refractivity contribution in [2.45, 2.75) is 13.0 Å². The monoisotopic (exact) mass is 314 g/mol. The van der Waals surface area contributed by atoms with E-state index in [0.717, 1.165) is 6.07 Å². The van der Waals surface area contributed by atoms with Gasteiger partial charge >= 0.3 is 6.61 Å². The van der Waals surface area contributed by atoms with Gasteiger partial charge < -0.3 is 4.74 Å². The minimum atomic E-state index is -2.91. The molecule has 0 heterocycles. The summed E-state index contributed by atoms with van der Waals surface area (Å²) in [7, 11) is 0. The van der Waals surface area contributed by atoms with Crippen LogP contribution in [0.4, 0.5) is 13.2 Å². The number of carbonyl (C=O) groups excluding carboxylic acids is 1. The molecular weight excluding hydrogens is 305 g/mol. The molecule has 21 heavy (non-hydrogen) atoms. The smallest absolute Gasteiger partial charge is 0.387 e. The molecule has 0 spiro atoms. The number of hydrogen-bond donors (Lipinski definition) is 0. The highest BCUT2D eigenvalue weighted by Crippen LogP contribution is 2.20. The number of halogens is 4. The van der Waals surface area contributed by atoms with Gasteiger partial charge in [0.1, 0.15) is 11.6 Å². The number of ether oxygens (including phenoxy) is 1. The normalized spacial score (nSPS) is 10.7. The Morgan fingerprint density at radius 3 is 2.38 bits per heavy atom. The van der Waals surface area contributed by atoms with E-state index < -0.39 is 12.4 Å². The number of rotatable bonds is 5. The lowest BCUT2D eigenvalue weighted by Crippen LogP contribution is -2.05.